The van der Waals surface area contributed by atoms with Crippen LogP contribution in [0.1, 0.15) is 0 Å². The number of nitroso groups, excluding NO2 is 4. The van der Waals surface area contributed by atoms with Crippen molar-refractivity contribution in [3.8, 4) is 0 Å². The summed E-state index contributed by atoms with van der Waals surface area (Å²) >= 11 is 0. The second-order valence-corrected chi connectivity index (χ2v) is 6.83. The summed E-state index contributed by atoms with van der Waals surface area (Å²) in [5.41, 5.74) is 1.44. The van der Waals surface area contributed by atoms with Gasteiger partial charge in [0.25, 0.3) is 0 Å². The minimum Gasteiger partial charge on any atom is -0.265 e. The van der Waals surface area contributed by atoms with E-state index in [0.717, 1.165) is 0 Å². The molecule has 0 heterocycles. The Labute approximate surface area is 243 Å². The molecular weight excluding hydrogens is 555 g/mol. The molecule has 0 saturated carbocycles. The van der Waals surface area contributed by atoms with Gasteiger partial charge in [-0.1, -0.05) is 72.8 Å². The summed E-state index contributed by atoms with van der Waals surface area (Å²) in [7, 11) is 0. The molecule has 4 N–H and O–H groups in total. The van der Waals surface area contributed by atoms with Crippen molar-refractivity contribution in [3.05, 3.63) is 141 Å². The van der Waals surface area contributed by atoms with Crippen molar-refractivity contribution in [2.75, 3.05) is 20.7 Å². The number of anilines is 4. The van der Waals surface area contributed by atoms with Crippen molar-refractivity contribution in [1.29, 1.82) is 0 Å². The lowest BCUT2D eigenvalue weighted by Gasteiger charge is -2.03. The third-order valence-electron chi connectivity index (χ3n) is 4.26. The molecule has 4 rings (SSSR count). The fourth-order valence-corrected chi connectivity index (χ4v) is 2.43. The molecule has 0 aliphatic rings. The topological polar surface area (TPSA) is 212 Å². The number of rotatable bonds is 8. The number of hydrogen-bond donors (Lipinski definition) is 4. The normalized spacial score (nSPS) is 8.68. The summed E-state index contributed by atoms with van der Waals surface area (Å²) in [5.74, 6) is 0. The molecule has 0 unspecified atom stereocenters. The third-order valence-corrected chi connectivity index (χ3v) is 4.26. The van der Waals surface area contributed by atoms with Crippen LogP contribution in [0.25, 0.3) is 0 Å². The van der Waals surface area contributed by atoms with Crippen LogP contribution in [0.5, 0.6) is 0 Å². The predicted octanol–water partition coefficient (Wildman–Crippen LogP) is 5.07. The lowest BCUT2D eigenvalue weighted by atomic mass is 10.3. The van der Waals surface area contributed by atoms with Gasteiger partial charge in [-0.2, -0.15) is 0 Å². The van der Waals surface area contributed by atoms with Gasteiger partial charge in [-0.15, -0.1) is 40.3 Å². The van der Waals surface area contributed by atoms with Crippen LogP contribution >= 0.6 is 0 Å². The summed E-state index contributed by atoms with van der Waals surface area (Å²) < 4.78 is 0. The number of nitrogens with zero attached hydrogens (tertiary/aromatic N) is 8. The highest BCUT2D eigenvalue weighted by molar-refractivity contribution is 5.75. The minimum absolute atomic E-state index is 0. The summed E-state index contributed by atoms with van der Waals surface area (Å²) in [5, 5.41) is 45.0. The Kier molecular flexibility index (Phi) is 19.0. The maximum atomic E-state index is 9.73. The van der Waals surface area contributed by atoms with Gasteiger partial charge in [0.1, 0.15) is 0 Å². The fraction of sp³-hybridized carbons (Fsp3) is 0. The highest BCUT2D eigenvalue weighted by atomic mass is 27.0. The number of para-hydroxylation sites is 4. The van der Waals surface area contributed by atoms with Crippen LogP contribution in [-0.4, -0.2) is 38.2 Å². The van der Waals surface area contributed by atoms with Gasteiger partial charge in [-0.25, -0.2) is 0 Å². The van der Waals surface area contributed by atoms with Crippen molar-refractivity contribution in [1.82, 2.24) is 0 Å². The second-order valence-electron chi connectivity index (χ2n) is 6.83. The largest absolute Gasteiger partial charge is 0.265 e. The second kappa shape index (κ2) is 21.8. The van der Waals surface area contributed by atoms with Gasteiger partial charge in [0.2, 0.25) is 0 Å². The van der Waals surface area contributed by atoms with Crippen LogP contribution in [0, 0.1) is 19.6 Å². The molecule has 4 aromatic rings. The summed E-state index contributed by atoms with van der Waals surface area (Å²) in [6.07, 6.45) is 0. The average molecular weight is 583 g/mol. The van der Waals surface area contributed by atoms with E-state index in [9.17, 15) is 19.6 Å². The predicted molar refractivity (Wildman–Crippen MR) is 156 cm³/mol. The minimum atomic E-state index is 0. The van der Waals surface area contributed by atoms with E-state index in [1.807, 2.05) is 0 Å². The maximum absolute atomic E-state index is 9.73. The van der Waals surface area contributed by atoms with Crippen LogP contribution in [0.3, 0.4) is 0 Å². The van der Waals surface area contributed by atoms with E-state index < -0.39 is 0 Å². The molecule has 0 spiro atoms. The number of hydrogen-bond acceptors (Lipinski definition) is 12. The highest BCUT2D eigenvalue weighted by Crippen LogP contribution is 2.12. The molecule has 0 aromatic heterocycles. The lowest BCUT2D eigenvalue weighted by Crippen LogP contribution is -2.06. The fourth-order valence-electron chi connectivity index (χ4n) is 2.43. The van der Waals surface area contributed by atoms with Crippen LogP contribution in [-0.2, 0) is 0 Å². The SMILES string of the molecule is O=NN(O)c1ccccc1.O=NN(O)c1ccccc1.O=NN(O)c1ccccc1.O=NN(O)c1ccccc1.[AlH3]. The zero-order valence-corrected chi connectivity index (χ0v) is 20.5. The lowest BCUT2D eigenvalue weighted by molar-refractivity contribution is 0.257. The third kappa shape index (κ3) is 14.5. The smallest absolute Gasteiger partial charge is 0.187 e. The molecule has 16 nitrogen and oxygen atoms in total. The van der Waals surface area contributed by atoms with Crippen molar-refractivity contribution in [2.24, 2.45) is 21.1 Å². The van der Waals surface area contributed by atoms with E-state index in [1.54, 1.807) is 121 Å². The van der Waals surface area contributed by atoms with Crippen molar-refractivity contribution in [2.45, 2.75) is 0 Å². The first-order chi connectivity index (χ1) is 19.4. The van der Waals surface area contributed by atoms with Gasteiger partial charge in [-0.05, 0) is 48.5 Å². The Morgan fingerprint density at radius 2 is 0.488 bits per heavy atom. The summed E-state index contributed by atoms with van der Waals surface area (Å²) in [6.45, 7) is 0. The van der Waals surface area contributed by atoms with Gasteiger partial charge >= 0.3 is 0 Å². The Bertz CT molecular complexity index is 1050. The van der Waals surface area contributed by atoms with E-state index in [-0.39, 0.29) is 38.0 Å². The molecule has 0 radical (unpaired) electrons. The van der Waals surface area contributed by atoms with Crippen LogP contribution < -0.4 is 20.7 Å². The van der Waals surface area contributed by atoms with Crippen LogP contribution in [0.2, 0.25) is 0 Å². The van der Waals surface area contributed by atoms with Gasteiger partial charge in [0.15, 0.2) is 17.4 Å². The molecule has 0 atom stereocenters. The van der Waals surface area contributed by atoms with Crippen molar-refractivity contribution >= 4 is 40.1 Å². The van der Waals surface area contributed by atoms with Crippen molar-refractivity contribution in [3.63, 3.8) is 0 Å². The number of benzene rings is 4. The molecule has 4 aromatic carbocycles. The van der Waals surface area contributed by atoms with E-state index in [2.05, 4.69) is 21.1 Å². The molecule has 0 amide bonds. The van der Waals surface area contributed by atoms with Crippen LogP contribution in [0.4, 0.5) is 22.7 Å². The molecule has 0 saturated heterocycles. The first-order valence-electron chi connectivity index (χ1n) is 10.9. The quantitative estimate of drug-likeness (QED) is 0.122. The van der Waals surface area contributed by atoms with E-state index in [1.165, 1.54) is 0 Å². The zero-order chi connectivity index (χ0) is 29.6. The molecule has 214 valence electrons. The van der Waals surface area contributed by atoms with E-state index in [0.29, 0.717) is 22.7 Å². The van der Waals surface area contributed by atoms with E-state index >= 15 is 0 Å². The molecule has 0 aliphatic heterocycles. The molecule has 0 bridgehead atoms. The molecule has 41 heavy (non-hydrogen) atoms. The molecule has 0 fully saturated rings. The van der Waals surface area contributed by atoms with Gasteiger partial charge < -0.3 is 0 Å². The summed E-state index contributed by atoms with van der Waals surface area (Å²) in [4.78, 5) is 38.9. The first kappa shape index (κ1) is 35.9. The van der Waals surface area contributed by atoms with Gasteiger partial charge in [-0.3, -0.25) is 20.8 Å². The Balaban J connectivity index is 0.000000516. The monoisotopic (exact) mass is 582 g/mol. The molecular formula is C24H27AlN8O8. The van der Waals surface area contributed by atoms with Crippen molar-refractivity contribution < 1.29 is 20.8 Å². The Hall–Kier alpha value is -5.15. The van der Waals surface area contributed by atoms with Gasteiger partial charge in [0.05, 0.1) is 43.9 Å². The Morgan fingerprint density at radius 3 is 0.610 bits per heavy atom. The zero-order valence-electron chi connectivity index (χ0n) is 20.5. The molecule has 0 aliphatic carbocycles. The highest BCUT2D eigenvalue weighted by Gasteiger charge is 1.99. The Morgan fingerprint density at radius 1 is 0.341 bits per heavy atom. The first-order valence-corrected chi connectivity index (χ1v) is 10.9. The van der Waals surface area contributed by atoms with Crippen LogP contribution in [0.15, 0.2) is 142 Å². The maximum Gasteiger partial charge on any atom is 0.187 e. The van der Waals surface area contributed by atoms with E-state index in [4.69, 9.17) is 20.8 Å². The summed E-state index contributed by atoms with van der Waals surface area (Å²) in [6, 6.07) is 33.3. The standard InChI is InChI=1S/4C6H6N2O2.Al.3H/c4*9-7-8(10)6-4-2-1-3-5-6;;;;/h4*1-5,10H;;;;. The van der Waals surface area contributed by atoms with Gasteiger partial charge in [0, 0.05) is 0 Å². The molecule has 17 heteroatoms. The average Bonchev–Trinajstić information content (AvgIpc) is 3.05.